The fraction of sp³-hybridized carbons (Fsp3) is 0.440. The van der Waals surface area contributed by atoms with Gasteiger partial charge in [-0.2, -0.15) is 0 Å². The van der Waals surface area contributed by atoms with E-state index < -0.39 is 0 Å². The van der Waals surface area contributed by atoms with Crippen LogP contribution in [0, 0.1) is 5.92 Å². The second kappa shape index (κ2) is 9.43. The molecule has 1 unspecified atom stereocenters. The molecular weight excluding hydrogens is 374 g/mol. The van der Waals surface area contributed by atoms with Crippen LogP contribution in [0.25, 0.3) is 11.1 Å². The van der Waals surface area contributed by atoms with Crippen LogP contribution >= 0.6 is 0 Å². The standard InChI is InChI=1S/C25H31N3O2/c1-27-13-4-14-28(16-15-27)25(30)23-6-2-5-21(18-23)20-10-8-19(9-11-20)17-22-7-3-12-26-24(22)29/h2,5-6,8-11,18,22H,3-4,7,12-17H2,1H3,(H,26,29). The maximum atomic E-state index is 13.0. The highest BCUT2D eigenvalue weighted by Gasteiger charge is 2.22. The van der Waals surface area contributed by atoms with Gasteiger partial charge in [0.2, 0.25) is 5.91 Å². The highest BCUT2D eigenvalue weighted by atomic mass is 16.2. The van der Waals surface area contributed by atoms with Gasteiger partial charge in [-0.05, 0) is 68.1 Å². The van der Waals surface area contributed by atoms with Gasteiger partial charge in [-0.3, -0.25) is 9.59 Å². The van der Waals surface area contributed by atoms with Crippen LogP contribution in [0.3, 0.4) is 0 Å². The van der Waals surface area contributed by atoms with Crippen molar-refractivity contribution < 1.29 is 9.59 Å². The van der Waals surface area contributed by atoms with Crippen molar-refractivity contribution in [3.05, 3.63) is 59.7 Å². The smallest absolute Gasteiger partial charge is 0.253 e. The molecule has 2 fully saturated rings. The zero-order valence-corrected chi connectivity index (χ0v) is 17.8. The van der Waals surface area contributed by atoms with Gasteiger partial charge >= 0.3 is 0 Å². The lowest BCUT2D eigenvalue weighted by Gasteiger charge is -2.22. The van der Waals surface area contributed by atoms with E-state index in [4.69, 9.17) is 0 Å². The highest BCUT2D eigenvalue weighted by Crippen LogP contribution is 2.24. The van der Waals surface area contributed by atoms with Crippen molar-refractivity contribution in [1.82, 2.24) is 15.1 Å². The lowest BCUT2D eigenvalue weighted by Crippen LogP contribution is -2.37. The first kappa shape index (κ1) is 20.6. The van der Waals surface area contributed by atoms with Crippen molar-refractivity contribution in [2.45, 2.75) is 25.7 Å². The number of nitrogens with zero attached hydrogens (tertiary/aromatic N) is 2. The van der Waals surface area contributed by atoms with Crippen LogP contribution in [-0.2, 0) is 11.2 Å². The van der Waals surface area contributed by atoms with Crippen LogP contribution in [0.2, 0.25) is 0 Å². The molecule has 5 heteroatoms. The topological polar surface area (TPSA) is 52.6 Å². The van der Waals surface area contributed by atoms with Gasteiger partial charge in [0, 0.05) is 37.7 Å². The Balaban J connectivity index is 1.45. The van der Waals surface area contributed by atoms with Crippen LogP contribution in [0.5, 0.6) is 0 Å². The summed E-state index contributed by atoms with van der Waals surface area (Å²) < 4.78 is 0. The van der Waals surface area contributed by atoms with E-state index in [0.29, 0.717) is 0 Å². The Morgan fingerprint density at radius 2 is 1.83 bits per heavy atom. The predicted molar refractivity (Wildman–Crippen MR) is 119 cm³/mol. The number of piperidine rings is 1. The Morgan fingerprint density at radius 3 is 2.63 bits per heavy atom. The number of hydrogen-bond acceptors (Lipinski definition) is 3. The van der Waals surface area contributed by atoms with Gasteiger partial charge in [0.1, 0.15) is 0 Å². The number of carbonyl (C=O) groups excluding carboxylic acids is 2. The Labute approximate surface area is 179 Å². The molecule has 1 atom stereocenters. The molecule has 0 aromatic heterocycles. The van der Waals surface area contributed by atoms with Crippen LogP contribution < -0.4 is 5.32 Å². The maximum absolute atomic E-state index is 13.0. The van der Waals surface area contributed by atoms with Gasteiger partial charge in [0.15, 0.2) is 0 Å². The van der Waals surface area contributed by atoms with Crippen molar-refractivity contribution in [2.24, 2.45) is 5.92 Å². The molecule has 0 radical (unpaired) electrons. The molecule has 2 saturated heterocycles. The third kappa shape index (κ3) is 4.90. The summed E-state index contributed by atoms with van der Waals surface area (Å²) >= 11 is 0. The van der Waals surface area contributed by atoms with Crippen molar-refractivity contribution in [3.8, 4) is 11.1 Å². The fourth-order valence-corrected chi connectivity index (χ4v) is 4.41. The van der Waals surface area contributed by atoms with Crippen molar-refractivity contribution in [1.29, 1.82) is 0 Å². The van der Waals surface area contributed by atoms with Crippen LogP contribution in [0.1, 0.15) is 35.2 Å². The number of carbonyl (C=O) groups is 2. The molecule has 0 aliphatic carbocycles. The van der Waals surface area contributed by atoms with E-state index in [9.17, 15) is 9.59 Å². The average Bonchev–Trinajstić information content (AvgIpc) is 3.00. The highest BCUT2D eigenvalue weighted by molar-refractivity contribution is 5.95. The quantitative estimate of drug-likeness (QED) is 0.850. The number of nitrogens with one attached hydrogen (secondary N) is 1. The van der Waals surface area contributed by atoms with E-state index in [1.54, 1.807) is 0 Å². The van der Waals surface area contributed by atoms with Crippen LogP contribution in [0.15, 0.2) is 48.5 Å². The van der Waals surface area contributed by atoms with Gasteiger partial charge in [0.05, 0.1) is 0 Å². The van der Waals surface area contributed by atoms with E-state index in [-0.39, 0.29) is 17.7 Å². The molecule has 0 saturated carbocycles. The molecule has 2 aromatic rings. The Kier molecular flexibility index (Phi) is 6.48. The number of likely N-dealkylation sites (N-methyl/N-ethyl adjacent to an activating group) is 1. The molecule has 2 aromatic carbocycles. The molecule has 0 spiro atoms. The average molecular weight is 406 g/mol. The summed E-state index contributed by atoms with van der Waals surface area (Å²) in [6, 6.07) is 16.3. The molecule has 2 amide bonds. The van der Waals surface area contributed by atoms with Gasteiger partial charge in [-0.1, -0.05) is 36.4 Å². The first-order valence-electron chi connectivity index (χ1n) is 11.0. The molecule has 4 rings (SSSR count). The van der Waals surface area contributed by atoms with Crippen LogP contribution in [0.4, 0.5) is 0 Å². The number of benzene rings is 2. The minimum atomic E-state index is 0.0817. The van der Waals surface area contributed by atoms with Crippen molar-refractivity contribution in [2.75, 3.05) is 39.8 Å². The number of hydrogen-bond donors (Lipinski definition) is 1. The SMILES string of the molecule is CN1CCCN(C(=O)c2cccc(-c3ccc(CC4CCCNC4=O)cc3)c2)CC1. The molecule has 0 bridgehead atoms. The van der Waals surface area contributed by atoms with E-state index in [2.05, 4.69) is 47.6 Å². The van der Waals surface area contributed by atoms with E-state index in [0.717, 1.165) is 75.1 Å². The number of rotatable bonds is 4. The lowest BCUT2D eigenvalue weighted by molar-refractivity contribution is -0.126. The Morgan fingerprint density at radius 1 is 1.00 bits per heavy atom. The van der Waals surface area contributed by atoms with Gasteiger partial charge in [-0.25, -0.2) is 0 Å². The second-order valence-corrected chi connectivity index (χ2v) is 8.56. The Hall–Kier alpha value is -2.66. The summed E-state index contributed by atoms with van der Waals surface area (Å²) in [5.41, 5.74) is 4.08. The predicted octanol–water partition coefficient (Wildman–Crippen LogP) is 3.20. The summed E-state index contributed by atoms with van der Waals surface area (Å²) in [5.74, 6) is 0.376. The maximum Gasteiger partial charge on any atom is 0.253 e. The van der Waals surface area contributed by atoms with E-state index >= 15 is 0 Å². The zero-order chi connectivity index (χ0) is 20.9. The molecule has 30 heavy (non-hydrogen) atoms. The molecule has 158 valence electrons. The summed E-state index contributed by atoms with van der Waals surface area (Å²) in [6.45, 7) is 4.36. The molecule has 2 aliphatic rings. The Bertz CT molecular complexity index is 894. The third-order valence-corrected chi connectivity index (χ3v) is 6.28. The minimum Gasteiger partial charge on any atom is -0.356 e. The van der Waals surface area contributed by atoms with E-state index in [1.165, 1.54) is 5.56 Å². The zero-order valence-electron chi connectivity index (χ0n) is 17.8. The lowest BCUT2D eigenvalue weighted by atomic mass is 9.91. The molecule has 2 aliphatic heterocycles. The summed E-state index contributed by atoms with van der Waals surface area (Å²) in [5, 5.41) is 2.96. The second-order valence-electron chi connectivity index (χ2n) is 8.56. The third-order valence-electron chi connectivity index (χ3n) is 6.28. The van der Waals surface area contributed by atoms with Gasteiger partial charge in [0.25, 0.3) is 5.91 Å². The fourth-order valence-electron chi connectivity index (χ4n) is 4.41. The summed E-state index contributed by atoms with van der Waals surface area (Å²) in [7, 11) is 2.11. The van der Waals surface area contributed by atoms with E-state index in [1.807, 2.05) is 23.1 Å². The summed E-state index contributed by atoms with van der Waals surface area (Å²) in [4.78, 5) is 29.3. The number of amides is 2. The normalized spacial score (nSPS) is 20.5. The van der Waals surface area contributed by atoms with Gasteiger partial charge in [-0.15, -0.1) is 0 Å². The minimum absolute atomic E-state index is 0.0817. The van der Waals surface area contributed by atoms with Crippen LogP contribution in [-0.4, -0.2) is 61.4 Å². The first-order chi connectivity index (χ1) is 14.6. The first-order valence-corrected chi connectivity index (χ1v) is 11.0. The van der Waals surface area contributed by atoms with Crippen molar-refractivity contribution >= 4 is 11.8 Å². The monoisotopic (exact) mass is 405 g/mol. The molecule has 5 nitrogen and oxygen atoms in total. The largest absolute Gasteiger partial charge is 0.356 e. The molecular formula is C25H31N3O2. The van der Waals surface area contributed by atoms with Gasteiger partial charge < -0.3 is 15.1 Å². The molecule has 2 heterocycles. The van der Waals surface area contributed by atoms with Crippen molar-refractivity contribution in [3.63, 3.8) is 0 Å². The molecule has 1 N–H and O–H groups in total. The summed E-state index contributed by atoms with van der Waals surface area (Å²) in [6.07, 6.45) is 3.82.